The highest BCUT2D eigenvalue weighted by Crippen LogP contribution is 2.43. The van der Waals surface area contributed by atoms with Crippen LogP contribution in [-0.4, -0.2) is 19.1 Å². The van der Waals surface area contributed by atoms with Crippen LogP contribution in [0.15, 0.2) is 194 Å². The van der Waals surface area contributed by atoms with Crippen LogP contribution in [0.25, 0.3) is 110 Å². The number of aromatic nitrogens is 4. The Balaban J connectivity index is 1.03. The van der Waals surface area contributed by atoms with E-state index in [4.69, 9.17) is 4.98 Å². The lowest BCUT2D eigenvalue weighted by Crippen LogP contribution is -1.95. The van der Waals surface area contributed by atoms with Crippen molar-refractivity contribution >= 4 is 76.2 Å². The second-order valence-corrected chi connectivity index (χ2v) is 14.6. The van der Waals surface area contributed by atoms with Crippen LogP contribution >= 0.6 is 0 Å². The maximum absolute atomic E-state index is 5.12. The van der Waals surface area contributed by atoms with Gasteiger partial charge in [0.25, 0.3) is 0 Å². The van der Waals surface area contributed by atoms with Gasteiger partial charge in [0.15, 0.2) is 0 Å². The van der Waals surface area contributed by atoms with E-state index in [2.05, 4.69) is 196 Å². The highest BCUT2D eigenvalue weighted by atomic mass is 15.0. The molecule has 0 aliphatic heterocycles. The first-order valence-electron chi connectivity index (χ1n) is 19.1. The lowest BCUT2D eigenvalue weighted by molar-refractivity contribution is 1.17. The molecule has 0 bridgehead atoms. The molecule has 0 amide bonds. The van der Waals surface area contributed by atoms with E-state index in [1.807, 2.05) is 12.3 Å². The van der Waals surface area contributed by atoms with Gasteiger partial charge >= 0.3 is 0 Å². The Bertz CT molecular complexity index is 3530. The average molecular weight is 713 g/mol. The van der Waals surface area contributed by atoms with E-state index in [0.29, 0.717) is 0 Å². The smallest absolute Gasteiger partial charge is 0.0972 e. The third-order valence-corrected chi connectivity index (χ3v) is 11.5. The summed E-state index contributed by atoms with van der Waals surface area (Å²) in [6.45, 7) is 0. The van der Waals surface area contributed by atoms with Crippen molar-refractivity contribution in [3.05, 3.63) is 194 Å². The van der Waals surface area contributed by atoms with Crippen LogP contribution in [0.5, 0.6) is 0 Å². The molecular weight excluding hydrogens is 681 g/mol. The molecule has 4 heterocycles. The zero-order valence-electron chi connectivity index (χ0n) is 30.3. The fourth-order valence-electron chi connectivity index (χ4n) is 8.93. The molecule has 8 aromatic carbocycles. The Hall–Kier alpha value is -7.56. The minimum Gasteiger partial charge on any atom is -0.309 e. The minimum atomic E-state index is 0.927. The maximum atomic E-state index is 5.12. The Morgan fingerprint density at radius 3 is 1.70 bits per heavy atom. The van der Waals surface area contributed by atoms with Gasteiger partial charge in [-0.3, -0.25) is 4.98 Å². The normalized spacial score (nSPS) is 11.9. The molecule has 0 N–H and O–H groups in total. The summed E-state index contributed by atoms with van der Waals surface area (Å²) >= 11 is 0. The van der Waals surface area contributed by atoms with Crippen molar-refractivity contribution < 1.29 is 0 Å². The number of nitrogens with zero attached hydrogens (tertiary/aromatic N) is 4. The molecule has 4 aromatic heterocycles. The highest BCUT2D eigenvalue weighted by Gasteiger charge is 2.21. The van der Waals surface area contributed by atoms with Crippen molar-refractivity contribution in [2.75, 3.05) is 0 Å². The zero-order valence-corrected chi connectivity index (χ0v) is 30.3. The summed E-state index contributed by atoms with van der Waals surface area (Å²) in [6.07, 6.45) is 1.84. The maximum Gasteiger partial charge on any atom is 0.0972 e. The summed E-state index contributed by atoms with van der Waals surface area (Å²) < 4.78 is 4.84. The first kappa shape index (κ1) is 30.9. The van der Waals surface area contributed by atoms with Crippen molar-refractivity contribution in [2.24, 2.45) is 0 Å². The topological polar surface area (TPSA) is 35.6 Å². The molecule has 0 saturated carbocycles. The van der Waals surface area contributed by atoms with Crippen molar-refractivity contribution in [1.82, 2.24) is 19.1 Å². The van der Waals surface area contributed by atoms with Crippen LogP contribution in [-0.2, 0) is 0 Å². The first-order valence-corrected chi connectivity index (χ1v) is 19.1. The monoisotopic (exact) mass is 712 g/mol. The summed E-state index contributed by atoms with van der Waals surface area (Å²) in [7, 11) is 0. The molecular formula is C52H32N4. The van der Waals surface area contributed by atoms with Crippen LogP contribution in [0.1, 0.15) is 0 Å². The molecule has 4 heteroatoms. The molecule has 0 spiro atoms. The van der Waals surface area contributed by atoms with Gasteiger partial charge in [0.05, 0.1) is 38.8 Å². The van der Waals surface area contributed by atoms with Gasteiger partial charge in [0.2, 0.25) is 0 Å². The molecule has 0 atom stereocenters. The third-order valence-electron chi connectivity index (χ3n) is 11.5. The van der Waals surface area contributed by atoms with E-state index in [9.17, 15) is 0 Å². The van der Waals surface area contributed by atoms with Crippen molar-refractivity contribution in [2.45, 2.75) is 0 Å². The molecule has 0 aliphatic carbocycles. The predicted octanol–water partition coefficient (Wildman–Crippen LogP) is 13.5. The van der Waals surface area contributed by atoms with Crippen LogP contribution < -0.4 is 0 Å². The Morgan fingerprint density at radius 2 is 0.929 bits per heavy atom. The summed E-state index contributed by atoms with van der Waals surface area (Å²) in [5.41, 5.74) is 13.3. The van der Waals surface area contributed by atoms with Gasteiger partial charge in [0.1, 0.15) is 0 Å². The van der Waals surface area contributed by atoms with Crippen LogP contribution in [0, 0.1) is 0 Å². The Kier molecular flexibility index (Phi) is 6.60. The Morgan fingerprint density at radius 1 is 0.339 bits per heavy atom. The van der Waals surface area contributed by atoms with E-state index in [1.54, 1.807) is 0 Å². The second kappa shape index (κ2) is 12.0. The summed E-state index contributed by atoms with van der Waals surface area (Å²) in [4.78, 5) is 9.79. The van der Waals surface area contributed by atoms with Gasteiger partial charge in [-0.25, -0.2) is 4.98 Å². The van der Waals surface area contributed by atoms with E-state index in [-0.39, 0.29) is 0 Å². The van der Waals surface area contributed by atoms with Gasteiger partial charge < -0.3 is 9.13 Å². The van der Waals surface area contributed by atoms with Gasteiger partial charge in [-0.1, -0.05) is 121 Å². The Labute approximate surface area is 322 Å². The van der Waals surface area contributed by atoms with Crippen molar-refractivity contribution in [1.29, 1.82) is 0 Å². The van der Waals surface area contributed by atoms with E-state index in [0.717, 1.165) is 44.4 Å². The molecule has 12 rings (SSSR count). The minimum absolute atomic E-state index is 0.927. The van der Waals surface area contributed by atoms with Crippen LogP contribution in [0.2, 0.25) is 0 Å². The van der Waals surface area contributed by atoms with Crippen LogP contribution in [0.4, 0.5) is 0 Å². The quantitative estimate of drug-likeness (QED) is 0.170. The second-order valence-electron chi connectivity index (χ2n) is 14.6. The van der Waals surface area contributed by atoms with Gasteiger partial charge in [-0.2, -0.15) is 0 Å². The number of para-hydroxylation sites is 2. The highest BCUT2D eigenvalue weighted by molar-refractivity contribution is 6.29. The number of benzene rings is 8. The van der Waals surface area contributed by atoms with E-state index >= 15 is 0 Å². The molecule has 56 heavy (non-hydrogen) atoms. The number of pyridine rings is 2. The lowest BCUT2D eigenvalue weighted by atomic mass is 10.0. The summed E-state index contributed by atoms with van der Waals surface area (Å²) in [6, 6.07) is 67.9. The summed E-state index contributed by atoms with van der Waals surface area (Å²) in [5, 5.41) is 9.69. The molecule has 0 unspecified atom stereocenters. The molecule has 0 saturated heterocycles. The van der Waals surface area contributed by atoms with Gasteiger partial charge in [0, 0.05) is 55.5 Å². The van der Waals surface area contributed by atoms with Crippen molar-refractivity contribution in [3.8, 4) is 33.8 Å². The van der Waals surface area contributed by atoms with Crippen molar-refractivity contribution in [3.63, 3.8) is 0 Å². The molecule has 0 aliphatic rings. The fraction of sp³-hybridized carbons (Fsp3) is 0. The standard InChI is InChI=1S/C52H32N4/c1-2-10-37-31-39(21-18-33(37)9-1)38-11-7-13-41(32-38)56-46-17-6-4-15-43(46)50-48(56)29-28-47-49(50)42-14-3-5-16-45(42)55(47)40-25-22-34(23-26-40)44-27-24-36-20-19-35-12-8-30-53-51(35)52(36)54-44/h1-32H. The molecule has 0 fully saturated rings. The molecule has 12 aromatic rings. The predicted molar refractivity (Wildman–Crippen MR) is 234 cm³/mol. The molecule has 4 nitrogen and oxygen atoms in total. The zero-order chi connectivity index (χ0) is 36.7. The summed E-state index contributed by atoms with van der Waals surface area (Å²) in [5.74, 6) is 0. The van der Waals surface area contributed by atoms with Crippen LogP contribution in [0.3, 0.4) is 0 Å². The number of fused-ring (bicyclic) bond motifs is 11. The first-order chi connectivity index (χ1) is 27.8. The largest absolute Gasteiger partial charge is 0.309 e. The molecule has 0 radical (unpaired) electrons. The third kappa shape index (κ3) is 4.60. The lowest BCUT2D eigenvalue weighted by Gasteiger charge is -2.12. The molecule has 260 valence electrons. The number of hydrogen-bond acceptors (Lipinski definition) is 2. The van der Waals surface area contributed by atoms with E-state index < -0.39 is 0 Å². The average Bonchev–Trinajstić information content (AvgIpc) is 3.79. The SMILES string of the molecule is c1cc(-c2ccc3ccccc3c2)cc(-n2c3ccccc3c3c4c5ccccc5n(-c5ccc(-c6ccc7ccc8cccnc8c7n6)cc5)c4ccc32)c1. The van der Waals surface area contributed by atoms with E-state index in [1.165, 1.54) is 65.5 Å². The fourth-order valence-corrected chi connectivity index (χ4v) is 8.93. The number of hydrogen-bond donors (Lipinski definition) is 0. The number of rotatable bonds is 4. The van der Waals surface area contributed by atoms with Gasteiger partial charge in [-0.05, 0) is 88.6 Å². The van der Waals surface area contributed by atoms with Gasteiger partial charge in [-0.15, -0.1) is 0 Å².